The fourth-order valence-corrected chi connectivity index (χ4v) is 3.67. The zero-order valence-corrected chi connectivity index (χ0v) is 14.0. The molecule has 1 unspecified atom stereocenters. The Bertz CT molecular complexity index is 600. The molecule has 1 saturated heterocycles. The Labute approximate surface area is 143 Å². The second kappa shape index (κ2) is 8.11. The maximum absolute atomic E-state index is 13.4. The standard InChI is InChI=1S/C21H25NO2/c23-16-14-19-13-7-8-15-22(19)21(24)20(17-9-3-1-4-10-17)18-11-5-2-6-12-18/h1-6,9-12,19-20,23H,7-8,13-16H2. The van der Waals surface area contributed by atoms with Gasteiger partial charge in [0.15, 0.2) is 0 Å². The van der Waals surface area contributed by atoms with Crippen molar-refractivity contribution in [3.63, 3.8) is 0 Å². The number of piperidine rings is 1. The Morgan fingerprint density at radius 2 is 1.58 bits per heavy atom. The first-order valence-corrected chi connectivity index (χ1v) is 8.82. The van der Waals surface area contributed by atoms with E-state index >= 15 is 0 Å². The van der Waals surface area contributed by atoms with Crippen LogP contribution in [0.3, 0.4) is 0 Å². The summed E-state index contributed by atoms with van der Waals surface area (Å²) >= 11 is 0. The van der Waals surface area contributed by atoms with Crippen LogP contribution in [-0.2, 0) is 4.79 Å². The molecule has 0 bridgehead atoms. The molecule has 3 nitrogen and oxygen atoms in total. The number of carbonyl (C=O) groups excluding carboxylic acids is 1. The predicted octanol–water partition coefficient (Wildman–Crippen LogP) is 3.58. The Morgan fingerprint density at radius 1 is 1.00 bits per heavy atom. The van der Waals surface area contributed by atoms with Crippen LogP contribution in [0.4, 0.5) is 0 Å². The first-order chi connectivity index (χ1) is 11.8. The molecule has 24 heavy (non-hydrogen) atoms. The van der Waals surface area contributed by atoms with Crippen LogP contribution in [0.25, 0.3) is 0 Å². The maximum atomic E-state index is 13.4. The highest BCUT2D eigenvalue weighted by Crippen LogP contribution is 2.30. The van der Waals surface area contributed by atoms with E-state index < -0.39 is 0 Å². The fraction of sp³-hybridized carbons (Fsp3) is 0.381. The molecular weight excluding hydrogens is 298 g/mol. The molecule has 0 spiro atoms. The second-order valence-electron chi connectivity index (χ2n) is 6.45. The lowest BCUT2D eigenvalue weighted by atomic mass is 9.88. The zero-order valence-electron chi connectivity index (χ0n) is 14.0. The summed E-state index contributed by atoms with van der Waals surface area (Å²) in [5, 5.41) is 9.35. The maximum Gasteiger partial charge on any atom is 0.234 e. The normalized spacial score (nSPS) is 17.9. The average molecular weight is 323 g/mol. The topological polar surface area (TPSA) is 40.5 Å². The summed E-state index contributed by atoms with van der Waals surface area (Å²) in [7, 11) is 0. The van der Waals surface area contributed by atoms with Gasteiger partial charge in [-0.15, -0.1) is 0 Å². The van der Waals surface area contributed by atoms with E-state index in [1.165, 1.54) is 0 Å². The van der Waals surface area contributed by atoms with Crippen LogP contribution < -0.4 is 0 Å². The predicted molar refractivity (Wildman–Crippen MR) is 95.8 cm³/mol. The van der Waals surface area contributed by atoms with E-state index in [1.54, 1.807) is 0 Å². The lowest BCUT2D eigenvalue weighted by Crippen LogP contribution is -2.46. The monoisotopic (exact) mass is 323 g/mol. The van der Waals surface area contributed by atoms with Crippen molar-refractivity contribution in [3.05, 3.63) is 71.8 Å². The van der Waals surface area contributed by atoms with Gasteiger partial charge in [0.1, 0.15) is 0 Å². The molecule has 0 aromatic heterocycles. The summed E-state index contributed by atoms with van der Waals surface area (Å²) in [4.78, 5) is 15.4. The quantitative estimate of drug-likeness (QED) is 0.913. The van der Waals surface area contributed by atoms with E-state index in [4.69, 9.17) is 0 Å². The van der Waals surface area contributed by atoms with Crippen LogP contribution in [0.15, 0.2) is 60.7 Å². The minimum atomic E-state index is -0.272. The first kappa shape index (κ1) is 16.7. The Kier molecular flexibility index (Phi) is 5.65. The van der Waals surface area contributed by atoms with Crippen LogP contribution in [-0.4, -0.2) is 35.1 Å². The van der Waals surface area contributed by atoms with E-state index in [0.717, 1.165) is 36.9 Å². The van der Waals surface area contributed by atoms with E-state index in [2.05, 4.69) is 0 Å². The molecule has 0 aliphatic carbocycles. The summed E-state index contributed by atoms with van der Waals surface area (Å²) in [6.45, 7) is 0.926. The number of nitrogens with zero attached hydrogens (tertiary/aromatic N) is 1. The van der Waals surface area contributed by atoms with Crippen LogP contribution in [0.2, 0.25) is 0 Å². The van der Waals surface area contributed by atoms with Gasteiger partial charge < -0.3 is 10.0 Å². The number of amides is 1. The Morgan fingerprint density at radius 3 is 2.12 bits per heavy atom. The number of benzene rings is 2. The van der Waals surface area contributed by atoms with E-state index in [-0.39, 0.29) is 24.5 Å². The summed E-state index contributed by atoms with van der Waals surface area (Å²) in [6.07, 6.45) is 3.84. The van der Waals surface area contributed by atoms with Gasteiger partial charge in [-0.1, -0.05) is 60.7 Å². The lowest BCUT2D eigenvalue weighted by Gasteiger charge is -2.38. The lowest BCUT2D eigenvalue weighted by molar-refractivity contribution is -0.135. The number of hydrogen-bond acceptors (Lipinski definition) is 2. The SMILES string of the molecule is O=C(C(c1ccccc1)c1ccccc1)N1CCCCC1CCO. The van der Waals surface area contributed by atoms with Crippen LogP contribution >= 0.6 is 0 Å². The summed E-state index contributed by atoms with van der Waals surface area (Å²) in [5.74, 6) is -0.114. The van der Waals surface area contributed by atoms with E-state index in [9.17, 15) is 9.90 Å². The molecule has 3 heteroatoms. The molecule has 1 aliphatic rings. The van der Waals surface area contributed by atoms with Crippen molar-refractivity contribution < 1.29 is 9.90 Å². The van der Waals surface area contributed by atoms with Gasteiger partial charge >= 0.3 is 0 Å². The van der Waals surface area contributed by atoms with Gasteiger partial charge in [0.2, 0.25) is 5.91 Å². The molecule has 1 heterocycles. The third kappa shape index (κ3) is 3.68. The van der Waals surface area contributed by atoms with Gasteiger partial charge in [0.05, 0.1) is 5.92 Å². The Hall–Kier alpha value is -2.13. The smallest absolute Gasteiger partial charge is 0.234 e. The van der Waals surface area contributed by atoms with Gasteiger partial charge in [-0.25, -0.2) is 0 Å². The highest BCUT2D eigenvalue weighted by Gasteiger charge is 2.32. The third-order valence-electron chi connectivity index (χ3n) is 4.89. The van der Waals surface area contributed by atoms with Crippen molar-refractivity contribution in [3.8, 4) is 0 Å². The number of aliphatic hydroxyl groups excluding tert-OH is 1. The van der Waals surface area contributed by atoms with Gasteiger partial charge in [0, 0.05) is 19.2 Å². The molecule has 0 radical (unpaired) electrons. The number of rotatable bonds is 5. The minimum absolute atomic E-state index is 0.135. The second-order valence-corrected chi connectivity index (χ2v) is 6.45. The van der Waals surface area contributed by atoms with Crippen LogP contribution in [0.5, 0.6) is 0 Å². The number of hydrogen-bond donors (Lipinski definition) is 1. The van der Waals surface area contributed by atoms with Crippen molar-refractivity contribution in [2.75, 3.05) is 13.2 Å². The summed E-state index contributed by atoms with van der Waals surface area (Å²) < 4.78 is 0. The van der Waals surface area contributed by atoms with Crippen LogP contribution in [0, 0.1) is 0 Å². The van der Waals surface area contributed by atoms with Crippen molar-refractivity contribution in [2.45, 2.75) is 37.6 Å². The molecule has 1 amide bonds. The molecule has 1 atom stereocenters. The van der Waals surface area contributed by atoms with E-state index in [1.807, 2.05) is 65.6 Å². The van der Waals surface area contributed by atoms with Crippen molar-refractivity contribution in [2.24, 2.45) is 0 Å². The van der Waals surface area contributed by atoms with Gasteiger partial charge in [-0.05, 0) is 36.8 Å². The summed E-state index contributed by atoms with van der Waals surface area (Å²) in [6, 6.07) is 20.2. The zero-order chi connectivity index (χ0) is 16.8. The van der Waals surface area contributed by atoms with Gasteiger partial charge in [-0.2, -0.15) is 0 Å². The van der Waals surface area contributed by atoms with Crippen molar-refractivity contribution in [1.29, 1.82) is 0 Å². The van der Waals surface area contributed by atoms with Gasteiger partial charge in [-0.3, -0.25) is 4.79 Å². The van der Waals surface area contributed by atoms with Crippen LogP contribution in [0.1, 0.15) is 42.7 Å². The van der Waals surface area contributed by atoms with E-state index in [0.29, 0.717) is 6.42 Å². The van der Waals surface area contributed by atoms with Crippen molar-refractivity contribution >= 4 is 5.91 Å². The molecule has 3 rings (SSSR count). The molecule has 2 aromatic carbocycles. The average Bonchev–Trinajstić information content (AvgIpc) is 2.64. The molecule has 1 N–H and O–H groups in total. The largest absolute Gasteiger partial charge is 0.396 e. The minimum Gasteiger partial charge on any atom is -0.396 e. The number of carbonyl (C=O) groups is 1. The molecule has 1 fully saturated rings. The summed E-state index contributed by atoms with van der Waals surface area (Å²) in [5.41, 5.74) is 2.06. The first-order valence-electron chi connectivity index (χ1n) is 8.82. The molecule has 0 saturated carbocycles. The van der Waals surface area contributed by atoms with Gasteiger partial charge in [0.25, 0.3) is 0 Å². The number of aliphatic hydroxyl groups is 1. The van der Waals surface area contributed by atoms with Crippen molar-refractivity contribution in [1.82, 2.24) is 4.90 Å². The fourth-order valence-electron chi connectivity index (χ4n) is 3.67. The highest BCUT2D eigenvalue weighted by atomic mass is 16.3. The highest BCUT2D eigenvalue weighted by molar-refractivity contribution is 5.87. The molecule has 2 aromatic rings. The molecule has 126 valence electrons. The third-order valence-corrected chi connectivity index (χ3v) is 4.89. The number of likely N-dealkylation sites (tertiary alicyclic amines) is 1. The molecular formula is C21H25NO2. The molecule has 1 aliphatic heterocycles. The Balaban J connectivity index is 1.94.